The van der Waals surface area contributed by atoms with E-state index in [2.05, 4.69) is 91.9 Å². The zero-order chi connectivity index (χ0) is 24.9. The van der Waals surface area contributed by atoms with Crippen molar-refractivity contribution in [2.24, 2.45) is 0 Å². The molecule has 0 saturated carbocycles. The third-order valence-corrected chi connectivity index (χ3v) is 9.13. The molecule has 0 aliphatic carbocycles. The summed E-state index contributed by atoms with van der Waals surface area (Å²) in [6.07, 6.45) is 10.7. The number of benzene rings is 4. The van der Waals surface area contributed by atoms with Crippen LogP contribution in [-0.2, 0) is 17.6 Å². The fourth-order valence-electron chi connectivity index (χ4n) is 5.01. The van der Waals surface area contributed by atoms with Crippen LogP contribution in [0.25, 0.3) is 42.4 Å². The Morgan fingerprint density at radius 2 is 1.50 bits per heavy atom. The van der Waals surface area contributed by atoms with Gasteiger partial charge in [-0.3, -0.25) is 0 Å². The van der Waals surface area contributed by atoms with E-state index < -0.39 is 11.2 Å². The molecule has 1 unspecified atom stereocenters. The lowest BCUT2D eigenvalue weighted by Gasteiger charge is -2.11. The highest BCUT2D eigenvalue weighted by molar-refractivity contribution is 7.90. The highest BCUT2D eigenvalue weighted by Crippen LogP contribution is 2.39. The zero-order valence-electron chi connectivity index (χ0n) is 21.3. The van der Waals surface area contributed by atoms with Gasteiger partial charge < -0.3 is 4.55 Å². The highest BCUT2D eigenvalue weighted by Gasteiger charge is 2.17. The molecule has 36 heavy (non-hydrogen) atoms. The molecule has 0 saturated heterocycles. The van der Waals surface area contributed by atoms with E-state index in [-0.39, 0.29) is 0 Å². The summed E-state index contributed by atoms with van der Waals surface area (Å²) in [5.41, 5.74) is 4.96. The summed E-state index contributed by atoms with van der Waals surface area (Å²) in [5.74, 6) is 0. The largest absolute Gasteiger partial charge is 0.612 e. The Hall–Kier alpha value is -2.59. The van der Waals surface area contributed by atoms with Crippen molar-refractivity contribution < 1.29 is 4.55 Å². The molecule has 0 N–H and O–H groups in total. The summed E-state index contributed by atoms with van der Waals surface area (Å²) >= 11 is 0.785. The van der Waals surface area contributed by atoms with Gasteiger partial charge in [-0.2, -0.15) is 0 Å². The van der Waals surface area contributed by atoms with E-state index in [9.17, 15) is 4.55 Å². The summed E-state index contributed by atoms with van der Waals surface area (Å²) in [5, 5.41) is 3.76. The second-order valence-corrected chi connectivity index (χ2v) is 12.2. The van der Waals surface area contributed by atoms with Crippen LogP contribution in [0.1, 0.15) is 51.0 Å². The summed E-state index contributed by atoms with van der Waals surface area (Å²) < 4.78 is 13.9. The Balaban J connectivity index is 1.45. The van der Waals surface area contributed by atoms with Gasteiger partial charge in [0.25, 0.3) is 0 Å². The molecule has 3 heteroatoms. The smallest absolute Gasteiger partial charge is 0.161 e. The van der Waals surface area contributed by atoms with Crippen molar-refractivity contribution >= 4 is 43.4 Å². The van der Waals surface area contributed by atoms with Crippen LogP contribution in [0, 0.1) is 0 Å². The van der Waals surface area contributed by atoms with Gasteiger partial charge >= 0.3 is 0 Å². The monoisotopic (exact) mass is 510 g/mol. The molecule has 0 aliphatic rings. The molecular formula is C33H34OS2. The number of fused-ring (bicyclic) bond motifs is 2. The maximum absolute atomic E-state index is 12.6. The Morgan fingerprint density at radius 3 is 2.31 bits per heavy atom. The Labute approximate surface area is 222 Å². The van der Waals surface area contributed by atoms with Gasteiger partial charge in [-0.25, -0.2) is 0 Å². The van der Waals surface area contributed by atoms with Crippen LogP contribution in [0.15, 0.2) is 89.8 Å². The second kappa shape index (κ2) is 11.6. The molecule has 1 nitrogen and oxygen atoms in total. The van der Waals surface area contributed by atoms with Crippen LogP contribution in [0.2, 0.25) is 0 Å². The first-order valence-corrected chi connectivity index (χ1v) is 15.5. The van der Waals surface area contributed by atoms with Crippen molar-refractivity contribution in [3.63, 3.8) is 0 Å². The lowest BCUT2D eigenvalue weighted by Crippen LogP contribution is -2.00. The Kier molecular flexibility index (Phi) is 8.11. The van der Waals surface area contributed by atoms with E-state index in [0.717, 1.165) is 16.9 Å². The predicted octanol–water partition coefficient (Wildman–Crippen LogP) is 10.0. The summed E-state index contributed by atoms with van der Waals surface area (Å²) in [4.78, 5) is 2.14. The minimum atomic E-state index is -1.02. The van der Waals surface area contributed by atoms with Crippen molar-refractivity contribution in [2.75, 3.05) is 6.26 Å². The quantitative estimate of drug-likeness (QED) is 0.135. The first kappa shape index (κ1) is 25.1. The van der Waals surface area contributed by atoms with Crippen molar-refractivity contribution in [2.45, 2.75) is 56.8 Å². The standard InChI is InChI=1S/C33H34OS2/c1-3-4-5-6-7-9-12-24-15-18-33(36(2)34)30(19-24)32-23-29-21-28-20-26(25-13-10-8-11-14-25)16-17-27(28)22-31(29)35-32/h8,10-11,13-23H,3-7,9,12H2,1-2H3. The third kappa shape index (κ3) is 5.70. The third-order valence-electron chi connectivity index (χ3n) is 7.02. The van der Waals surface area contributed by atoms with Crippen molar-refractivity contribution in [3.05, 3.63) is 90.5 Å². The average molecular weight is 511 g/mol. The van der Waals surface area contributed by atoms with Gasteiger partial charge in [-0.1, -0.05) is 87.6 Å². The second-order valence-electron chi connectivity index (χ2n) is 9.73. The fourth-order valence-corrected chi connectivity index (χ4v) is 6.94. The van der Waals surface area contributed by atoms with E-state index >= 15 is 0 Å². The molecule has 0 radical (unpaired) electrons. The number of thiophene rings is 1. The van der Waals surface area contributed by atoms with E-state index in [4.69, 9.17) is 0 Å². The molecule has 0 spiro atoms. The lowest BCUT2D eigenvalue weighted by molar-refractivity contribution is 0.600. The molecule has 1 heterocycles. The predicted molar refractivity (Wildman–Crippen MR) is 160 cm³/mol. The minimum Gasteiger partial charge on any atom is -0.612 e. The molecular weight excluding hydrogens is 476 g/mol. The van der Waals surface area contributed by atoms with Gasteiger partial charge in [0.15, 0.2) is 4.90 Å². The van der Waals surface area contributed by atoms with Gasteiger partial charge in [0.1, 0.15) is 6.26 Å². The summed E-state index contributed by atoms with van der Waals surface area (Å²) in [7, 11) is 0. The van der Waals surface area contributed by atoms with Crippen molar-refractivity contribution in [1.82, 2.24) is 0 Å². The molecule has 0 aliphatic heterocycles. The van der Waals surface area contributed by atoms with E-state index in [1.54, 1.807) is 6.26 Å². The van der Waals surface area contributed by atoms with E-state index in [1.165, 1.54) is 81.0 Å². The highest BCUT2D eigenvalue weighted by atomic mass is 32.2. The van der Waals surface area contributed by atoms with Crippen LogP contribution >= 0.6 is 11.3 Å². The number of hydrogen-bond acceptors (Lipinski definition) is 2. The maximum atomic E-state index is 12.6. The van der Waals surface area contributed by atoms with Gasteiger partial charge in [0.2, 0.25) is 0 Å². The number of aryl methyl sites for hydroxylation is 1. The van der Waals surface area contributed by atoms with Crippen LogP contribution in [0.5, 0.6) is 0 Å². The SMILES string of the molecule is CCCCCCCCc1ccc([S+](C)[O-])c(-c2cc3cc4cc(-c5ccccc5)ccc4cc3s2)c1. The molecule has 0 bridgehead atoms. The topological polar surface area (TPSA) is 23.1 Å². The van der Waals surface area contributed by atoms with Crippen molar-refractivity contribution in [1.29, 1.82) is 0 Å². The summed E-state index contributed by atoms with van der Waals surface area (Å²) in [6, 6.07) is 30.7. The molecule has 1 atom stereocenters. The number of hydrogen-bond donors (Lipinski definition) is 0. The van der Waals surface area contributed by atoms with Crippen LogP contribution in [0.3, 0.4) is 0 Å². The summed E-state index contributed by atoms with van der Waals surface area (Å²) in [6.45, 7) is 2.26. The normalized spacial score (nSPS) is 12.4. The molecule has 5 rings (SSSR count). The van der Waals surface area contributed by atoms with Gasteiger partial charge in [0, 0.05) is 15.1 Å². The minimum absolute atomic E-state index is 0.934. The number of rotatable bonds is 10. The first-order chi connectivity index (χ1) is 17.6. The van der Waals surface area contributed by atoms with E-state index in [1.807, 2.05) is 11.3 Å². The molecule has 0 amide bonds. The van der Waals surface area contributed by atoms with Crippen LogP contribution < -0.4 is 0 Å². The van der Waals surface area contributed by atoms with Gasteiger partial charge in [-0.15, -0.1) is 11.3 Å². The molecule has 184 valence electrons. The lowest BCUT2D eigenvalue weighted by atomic mass is 10.00. The van der Waals surface area contributed by atoms with Gasteiger partial charge in [-0.05, 0) is 93.3 Å². The van der Waals surface area contributed by atoms with Crippen LogP contribution in [0.4, 0.5) is 0 Å². The number of unbranched alkanes of at least 4 members (excludes halogenated alkanes) is 5. The zero-order valence-corrected chi connectivity index (χ0v) is 22.9. The molecule has 5 aromatic rings. The van der Waals surface area contributed by atoms with Crippen molar-refractivity contribution in [3.8, 4) is 21.6 Å². The maximum Gasteiger partial charge on any atom is 0.161 e. The first-order valence-electron chi connectivity index (χ1n) is 13.1. The molecule has 4 aromatic carbocycles. The average Bonchev–Trinajstić information content (AvgIpc) is 3.32. The van der Waals surface area contributed by atoms with Gasteiger partial charge in [0.05, 0.1) is 0 Å². The van der Waals surface area contributed by atoms with Crippen LogP contribution in [-0.4, -0.2) is 10.8 Å². The molecule has 1 aromatic heterocycles. The Morgan fingerprint density at radius 1 is 0.694 bits per heavy atom. The molecule has 0 fully saturated rings. The fraction of sp³-hybridized carbons (Fsp3) is 0.273. The van der Waals surface area contributed by atoms with E-state index in [0.29, 0.717) is 0 Å². The Bertz CT molecular complexity index is 1450.